The zero-order chi connectivity index (χ0) is 23.9. The summed E-state index contributed by atoms with van der Waals surface area (Å²) in [6.45, 7) is 5.11. The first-order chi connectivity index (χ1) is 15.0. The molecule has 0 bridgehead atoms. The van der Waals surface area contributed by atoms with Gasteiger partial charge in [-0.2, -0.15) is 0 Å². The number of rotatable bonds is 6. The number of phenols is 1. The fourth-order valence-electron chi connectivity index (χ4n) is 3.87. The molecule has 2 N–H and O–H groups in total. The van der Waals surface area contributed by atoms with Crippen LogP contribution < -0.4 is 0 Å². The highest BCUT2D eigenvalue weighted by Crippen LogP contribution is 2.41. The number of carbonyl (C=O) groups is 2. The van der Waals surface area contributed by atoms with Gasteiger partial charge in [0.2, 0.25) is 0 Å². The van der Waals surface area contributed by atoms with E-state index in [9.17, 15) is 28.6 Å². The zero-order valence-electron chi connectivity index (χ0n) is 17.5. The van der Waals surface area contributed by atoms with Gasteiger partial charge in [-0.05, 0) is 43.0 Å². The van der Waals surface area contributed by atoms with Crippen LogP contribution in [0.1, 0.15) is 54.2 Å². The first-order valence-electron chi connectivity index (χ1n) is 9.93. The van der Waals surface area contributed by atoms with Crippen molar-refractivity contribution in [3.63, 3.8) is 0 Å². The van der Waals surface area contributed by atoms with Crippen molar-refractivity contribution < 1.29 is 33.0 Å². The lowest BCUT2D eigenvalue weighted by Gasteiger charge is -2.18. The molecule has 3 rings (SSSR count). The van der Waals surface area contributed by atoms with Crippen molar-refractivity contribution in [2.45, 2.75) is 39.5 Å². The Kier molecular flexibility index (Phi) is 6.55. The minimum Gasteiger partial charge on any atom is -0.503 e. The van der Waals surface area contributed by atoms with E-state index in [1.54, 1.807) is 0 Å². The summed E-state index contributed by atoms with van der Waals surface area (Å²) in [4.78, 5) is 25.4. The molecule has 0 radical (unpaired) electrons. The smallest absolute Gasteiger partial charge is 0.311 e. The molecule has 3 aromatic rings. The van der Waals surface area contributed by atoms with Crippen LogP contribution in [0.15, 0.2) is 24.3 Å². The van der Waals surface area contributed by atoms with Crippen molar-refractivity contribution in [1.82, 2.24) is 4.57 Å². The number of carboxylic acids is 1. The number of phenolic OH excluding ortho intramolecular Hbond substituents is 1. The Bertz CT molecular complexity index is 1240. The van der Waals surface area contributed by atoms with Crippen LogP contribution in [-0.2, 0) is 4.79 Å². The maximum absolute atomic E-state index is 15.1. The Morgan fingerprint density at radius 2 is 1.81 bits per heavy atom. The van der Waals surface area contributed by atoms with E-state index < -0.39 is 41.0 Å². The Morgan fingerprint density at radius 3 is 2.38 bits per heavy atom. The van der Waals surface area contributed by atoms with Crippen molar-refractivity contribution >= 4 is 34.4 Å². The predicted molar refractivity (Wildman–Crippen MR) is 114 cm³/mol. The Balaban J connectivity index is 2.37. The predicted octanol–water partition coefficient (Wildman–Crippen LogP) is 6.02. The van der Waals surface area contributed by atoms with E-state index in [4.69, 9.17) is 11.6 Å². The van der Waals surface area contributed by atoms with E-state index in [-0.39, 0.29) is 45.1 Å². The SMILES string of the molecule is CCC(C)C[C@@H](C(=O)O)c1c(C)n(C(=O)c2ccc(Cl)c(F)c2)c2cc(F)c(O)c(F)c12. The van der Waals surface area contributed by atoms with Gasteiger partial charge in [0.25, 0.3) is 5.91 Å². The molecule has 0 aliphatic carbocycles. The topological polar surface area (TPSA) is 79.5 Å². The normalized spacial score (nSPS) is 13.3. The lowest BCUT2D eigenvalue weighted by Crippen LogP contribution is -2.18. The van der Waals surface area contributed by atoms with Gasteiger partial charge in [0, 0.05) is 22.7 Å². The molecule has 32 heavy (non-hydrogen) atoms. The summed E-state index contributed by atoms with van der Waals surface area (Å²) >= 11 is 5.67. The molecule has 0 aliphatic rings. The number of hydrogen-bond donors (Lipinski definition) is 2. The van der Waals surface area contributed by atoms with Crippen LogP contribution in [0.25, 0.3) is 10.9 Å². The van der Waals surface area contributed by atoms with Gasteiger partial charge < -0.3 is 10.2 Å². The second-order valence-corrected chi connectivity index (χ2v) is 8.23. The third-order valence-electron chi connectivity index (χ3n) is 5.76. The molecular weight excluding hydrogens is 447 g/mol. The highest BCUT2D eigenvalue weighted by Gasteiger charge is 2.33. The summed E-state index contributed by atoms with van der Waals surface area (Å²) in [5.74, 6) is -8.15. The van der Waals surface area contributed by atoms with Gasteiger partial charge >= 0.3 is 5.97 Å². The highest BCUT2D eigenvalue weighted by atomic mass is 35.5. The maximum atomic E-state index is 15.1. The minimum absolute atomic E-state index is 0.0385. The number of hydrogen-bond acceptors (Lipinski definition) is 3. The lowest BCUT2D eigenvalue weighted by molar-refractivity contribution is -0.139. The van der Waals surface area contributed by atoms with Crippen molar-refractivity contribution in [1.29, 1.82) is 0 Å². The standard InChI is InChI=1S/C23H21ClF3NO4/c1-4-10(2)7-13(23(31)32)18-11(3)28(17-9-16(26)21(29)20(27)19(17)18)22(30)12-5-6-14(24)15(25)8-12/h5-6,8-10,13,29H,4,7H2,1-3H3,(H,31,32)/t10?,13-/m1/s1. The Morgan fingerprint density at radius 1 is 1.16 bits per heavy atom. The molecule has 0 amide bonds. The quantitative estimate of drug-likeness (QED) is 0.464. The molecule has 0 spiro atoms. The Labute approximate surface area is 187 Å². The lowest BCUT2D eigenvalue weighted by atomic mass is 9.86. The average Bonchev–Trinajstić information content (AvgIpc) is 3.02. The molecule has 0 fully saturated rings. The summed E-state index contributed by atoms with van der Waals surface area (Å²) in [6, 6.07) is 4.06. The summed E-state index contributed by atoms with van der Waals surface area (Å²) in [5, 5.41) is 19.2. The summed E-state index contributed by atoms with van der Waals surface area (Å²) in [7, 11) is 0. The number of carbonyl (C=O) groups excluding carboxylic acids is 1. The molecule has 5 nitrogen and oxygen atoms in total. The van der Waals surface area contributed by atoms with E-state index >= 15 is 4.39 Å². The zero-order valence-corrected chi connectivity index (χ0v) is 18.3. The molecule has 1 heterocycles. The number of aromatic hydroxyl groups is 1. The van der Waals surface area contributed by atoms with Gasteiger partial charge in [0.1, 0.15) is 5.82 Å². The van der Waals surface area contributed by atoms with E-state index in [1.165, 1.54) is 19.1 Å². The maximum Gasteiger partial charge on any atom is 0.311 e. The molecule has 170 valence electrons. The molecule has 0 saturated carbocycles. The van der Waals surface area contributed by atoms with Gasteiger partial charge in [-0.3, -0.25) is 14.2 Å². The van der Waals surface area contributed by atoms with E-state index in [0.29, 0.717) is 6.42 Å². The van der Waals surface area contributed by atoms with Gasteiger partial charge in [0.15, 0.2) is 17.4 Å². The number of nitrogens with zero attached hydrogens (tertiary/aromatic N) is 1. The van der Waals surface area contributed by atoms with E-state index in [1.807, 2.05) is 13.8 Å². The van der Waals surface area contributed by atoms with Crippen molar-refractivity contribution in [3.05, 3.63) is 63.6 Å². The number of fused-ring (bicyclic) bond motifs is 1. The Hall–Kier alpha value is -3.00. The molecule has 0 saturated heterocycles. The van der Waals surface area contributed by atoms with Crippen molar-refractivity contribution in [2.75, 3.05) is 0 Å². The summed E-state index contributed by atoms with van der Waals surface area (Å²) in [5.41, 5.74) is -0.398. The molecule has 2 aromatic carbocycles. The molecule has 0 aliphatic heterocycles. The van der Waals surface area contributed by atoms with Crippen LogP contribution in [0.3, 0.4) is 0 Å². The van der Waals surface area contributed by atoms with Gasteiger partial charge in [-0.15, -0.1) is 0 Å². The van der Waals surface area contributed by atoms with Crippen LogP contribution >= 0.6 is 11.6 Å². The molecule has 2 atom stereocenters. The number of aliphatic carboxylic acids is 1. The summed E-state index contributed by atoms with van der Waals surface area (Å²) < 4.78 is 44.2. The highest BCUT2D eigenvalue weighted by molar-refractivity contribution is 6.30. The summed E-state index contributed by atoms with van der Waals surface area (Å²) in [6.07, 6.45) is 0.792. The molecular formula is C23H21ClF3NO4. The van der Waals surface area contributed by atoms with Crippen molar-refractivity contribution in [2.24, 2.45) is 5.92 Å². The molecule has 1 unspecified atom stereocenters. The third-order valence-corrected chi connectivity index (χ3v) is 6.07. The first-order valence-corrected chi connectivity index (χ1v) is 10.3. The third kappa shape index (κ3) is 3.95. The van der Waals surface area contributed by atoms with Crippen LogP contribution in [0, 0.1) is 30.3 Å². The molecule has 1 aromatic heterocycles. The van der Waals surface area contributed by atoms with Crippen LogP contribution in [0.5, 0.6) is 5.75 Å². The average molecular weight is 468 g/mol. The van der Waals surface area contributed by atoms with E-state index in [0.717, 1.165) is 16.7 Å². The van der Waals surface area contributed by atoms with E-state index in [2.05, 4.69) is 0 Å². The number of carboxylic acid groups (broad SMARTS) is 1. The van der Waals surface area contributed by atoms with Gasteiger partial charge in [-0.25, -0.2) is 13.2 Å². The van der Waals surface area contributed by atoms with Crippen molar-refractivity contribution in [3.8, 4) is 5.75 Å². The van der Waals surface area contributed by atoms with Gasteiger partial charge in [-0.1, -0.05) is 31.9 Å². The second kappa shape index (κ2) is 8.86. The fourth-order valence-corrected chi connectivity index (χ4v) is 3.99. The minimum atomic E-state index is -1.36. The fraction of sp³-hybridized carbons (Fsp3) is 0.304. The number of aromatic nitrogens is 1. The largest absolute Gasteiger partial charge is 0.503 e. The number of benzene rings is 2. The number of halogens is 4. The first kappa shape index (κ1) is 23.7. The van der Waals surface area contributed by atoms with Gasteiger partial charge in [0.05, 0.1) is 16.5 Å². The monoisotopic (exact) mass is 467 g/mol. The molecule has 9 heteroatoms. The van der Waals surface area contributed by atoms with Crippen LogP contribution in [-0.4, -0.2) is 26.7 Å². The van der Waals surface area contributed by atoms with Crippen LogP contribution in [0.2, 0.25) is 5.02 Å². The second-order valence-electron chi connectivity index (χ2n) is 7.82. The van der Waals surface area contributed by atoms with Crippen LogP contribution in [0.4, 0.5) is 13.2 Å².